The van der Waals surface area contributed by atoms with Crippen molar-refractivity contribution in [3.05, 3.63) is 71.5 Å². The summed E-state index contributed by atoms with van der Waals surface area (Å²) < 4.78 is 19.0. The van der Waals surface area contributed by atoms with Crippen LogP contribution in [-0.4, -0.2) is 42.9 Å². The van der Waals surface area contributed by atoms with Crippen molar-refractivity contribution in [1.82, 2.24) is 4.90 Å². The molecule has 1 N–H and O–H groups in total. The number of morpholine rings is 1. The summed E-state index contributed by atoms with van der Waals surface area (Å²) in [5.41, 5.74) is 0.817. The highest BCUT2D eigenvalue weighted by atomic mass is 19.1. The molecule has 1 fully saturated rings. The summed E-state index contributed by atoms with van der Waals surface area (Å²) in [6.45, 7) is 8.15. The maximum absolute atomic E-state index is 13.5. The van der Waals surface area contributed by atoms with Crippen molar-refractivity contribution in [3.63, 3.8) is 0 Å². The molecule has 2 aromatic rings. The van der Waals surface area contributed by atoms with Gasteiger partial charge in [0.2, 0.25) is 0 Å². The van der Waals surface area contributed by atoms with Gasteiger partial charge in [-0.25, -0.2) is 4.39 Å². The minimum atomic E-state index is -1.07. The Morgan fingerprint density at radius 2 is 1.67 bits per heavy atom. The van der Waals surface area contributed by atoms with E-state index in [0.29, 0.717) is 12.3 Å². The van der Waals surface area contributed by atoms with Crippen LogP contribution in [0.3, 0.4) is 0 Å². The standard InChI is InChI=1S/C23H30FNO2/c1-18(2)16-23(26,20-8-10-21(24)11-9-20)22(19-6-4-3-5-7-19)17-25-12-14-27-15-13-25/h3-11,18,22,26H,12-17H2,1-2H3/t22-,23+/m1/s1. The molecule has 0 unspecified atom stereocenters. The van der Waals surface area contributed by atoms with E-state index in [1.807, 2.05) is 18.2 Å². The lowest BCUT2D eigenvalue weighted by Gasteiger charge is -2.41. The van der Waals surface area contributed by atoms with Crippen LogP contribution >= 0.6 is 0 Å². The van der Waals surface area contributed by atoms with Crippen LogP contribution in [-0.2, 0) is 10.3 Å². The van der Waals surface area contributed by atoms with E-state index < -0.39 is 5.60 Å². The minimum absolute atomic E-state index is 0.107. The van der Waals surface area contributed by atoms with E-state index in [2.05, 4.69) is 30.9 Å². The van der Waals surface area contributed by atoms with Crippen LogP contribution in [0, 0.1) is 11.7 Å². The molecular formula is C23H30FNO2. The molecule has 1 saturated heterocycles. The molecule has 0 amide bonds. The summed E-state index contributed by atoms with van der Waals surface area (Å²) in [5, 5.41) is 12.0. The Hall–Kier alpha value is -1.75. The topological polar surface area (TPSA) is 32.7 Å². The van der Waals surface area contributed by atoms with Gasteiger partial charge in [-0.2, -0.15) is 0 Å². The van der Waals surface area contributed by atoms with Gasteiger partial charge in [-0.15, -0.1) is 0 Å². The Kier molecular flexibility index (Phi) is 6.64. The molecule has 146 valence electrons. The zero-order valence-corrected chi connectivity index (χ0v) is 16.3. The zero-order chi connectivity index (χ0) is 19.3. The number of benzene rings is 2. The van der Waals surface area contributed by atoms with Crippen molar-refractivity contribution in [2.75, 3.05) is 32.8 Å². The van der Waals surface area contributed by atoms with E-state index in [9.17, 15) is 9.50 Å². The average molecular weight is 371 g/mol. The van der Waals surface area contributed by atoms with E-state index >= 15 is 0 Å². The second-order valence-electron chi connectivity index (χ2n) is 7.91. The lowest BCUT2D eigenvalue weighted by Crippen LogP contribution is -2.45. The van der Waals surface area contributed by atoms with Crippen molar-refractivity contribution < 1.29 is 14.2 Å². The number of nitrogens with zero attached hydrogens (tertiary/aromatic N) is 1. The molecule has 0 bridgehead atoms. The smallest absolute Gasteiger partial charge is 0.123 e. The molecular weight excluding hydrogens is 341 g/mol. The molecule has 1 aliphatic heterocycles. The maximum Gasteiger partial charge on any atom is 0.123 e. The third-order valence-electron chi connectivity index (χ3n) is 5.39. The lowest BCUT2D eigenvalue weighted by atomic mass is 9.72. The second-order valence-corrected chi connectivity index (χ2v) is 7.91. The number of hydrogen-bond donors (Lipinski definition) is 1. The SMILES string of the molecule is CC(C)C[C@](O)(c1ccc(F)cc1)[C@H](CN1CCOCC1)c1ccccc1. The normalized spacial score (nSPS) is 19.0. The molecule has 1 aliphatic rings. The third-order valence-corrected chi connectivity index (χ3v) is 5.39. The van der Waals surface area contributed by atoms with Gasteiger partial charge in [0.05, 0.1) is 18.8 Å². The van der Waals surface area contributed by atoms with Crippen LogP contribution in [0.5, 0.6) is 0 Å². The van der Waals surface area contributed by atoms with Gasteiger partial charge >= 0.3 is 0 Å². The van der Waals surface area contributed by atoms with Crippen LogP contribution in [0.25, 0.3) is 0 Å². The molecule has 1 heterocycles. The fraction of sp³-hybridized carbons (Fsp3) is 0.478. The zero-order valence-electron chi connectivity index (χ0n) is 16.3. The lowest BCUT2D eigenvalue weighted by molar-refractivity contribution is -0.0356. The molecule has 2 aromatic carbocycles. The Morgan fingerprint density at radius 1 is 1.04 bits per heavy atom. The van der Waals surface area contributed by atoms with Crippen molar-refractivity contribution in [3.8, 4) is 0 Å². The summed E-state index contributed by atoms with van der Waals surface area (Å²) in [7, 11) is 0. The third kappa shape index (κ3) is 4.95. The minimum Gasteiger partial charge on any atom is -0.384 e. The average Bonchev–Trinajstić information content (AvgIpc) is 2.67. The van der Waals surface area contributed by atoms with Crippen LogP contribution in [0.2, 0.25) is 0 Å². The quantitative estimate of drug-likeness (QED) is 0.793. The number of aliphatic hydroxyl groups is 1. The van der Waals surface area contributed by atoms with Crippen molar-refractivity contribution in [2.24, 2.45) is 5.92 Å². The number of halogens is 1. The highest BCUT2D eigenvalue weighted by Crippen LogP contribution is 2.42. The summed E-state index contributed by atoms with van der Waals surface area (Å²) in [5.74, 6) is -0.0873. The molecule has 3 nitrogen and oxygen atoms in total. The van der Waals surface area contributed by atoms with Gasteiger partial charge in [0, 0.05) is 25.6 Å². The Balaban J connectivity index is 2.01. The van der Waals surface area contributed by atoms with Crippen molar-refractivity contribution in [2.45, 2.75) is 31.8 Å². The molecule has 4 heteroatoms. The molecule has 0 radical (unpaired) electrons. The first-order valence-electron chi connectivity index (χ1n) is 9.82. The summed E-state index contributed by atoms with van der Waals surface area (Å²) in [4.78, 5) is 2.36. The molecule has 27 heavy (non-hydrogen) atoms. The van der Waals surface area contributed by atoms with E-state index in [1.165, 1.54) is 12.1 Å². The van der Waals surface area contributed by atoms with Gasteiger partial charge < -0.3 is 9.84 Å². The Labute approximate surface area is 161 Å². The van der Waals surface area contributed by atoms with Crippen LogP contribution in [0.4, 0.5) is 4.39 Å². The first kappa shape index (κ1) is 20.0. The van der Waals surface area contributed by atoms with Crippen molar-refractivity contribution in [1.29, 1.82) is 0 Å². The van der Waals surface area contributed by atoms with Gasteiger partial charge in [-0.1, -0.05) is 56.3 Å². The summed E-state index contributed by atoms with van der Waals surface area (Å²) in [6, 6.07) is 16.5. The first-order valence-corrected chi connectivity index (χ1v) is 9.82. The molecule has 0 saturated carbocycles. The van der Waals surface area contributed by atoms with Crippen LogP contribution in [0.1, 0.15) is 37.3 Å². The first-order chi connectivity index (χ1) is 13.0. The van der Waals surface area contributed by atoms with Gasteiger partial charge in [-0.05, 0) is 35.6 Å². The second kappa shape index (κ2) is 8.96. The van der Waals surface area contributed by atoms with Crippen LogP contribution < -0.4 is 0 Å². The van der Waals surface area contributed by atoms with Gasteiger partial charge in [0.1, 0.15) is 5.82 Å². The molecule has 2 atom stereocenters. The fourth-order valence-corrected chi connectivity index (χ4v) is 4.08. The van der Waals surface area contributed by atoms with Gasteiger partial charge in [0.25, 0.3) is 0 Å². The van der Waals surface area contributed by atoms with Crippen molar-refractivity contribution >= 4 is 0 Å². The van der Waals surface area contributed by atoms with E-state index in [-0.39, 0.29) is 11.7 Å². The largest absolute Gasteiger partial charge is 0.384 e. The molecule has 0 spiro atoms. The van der Waals surface area contributed by atoms with Gasteiger partial charge in [-0.3, -0.25) is 4.90 Å². The van der Waals surface area contributed by atoms with E-state index in [1.54, 1.807) is 12.1 Å². The maximum atomic E-state index is 13.5. The monoisotopic (exact) mass is 371 g/mol. The van der Waals surface area contributed by atoms with E-state index in [0.717, 1.165) is 44.0 Å². The predicted octanol–water partition coefficient (Wildman–Crippen LogP) is 4.18. The van der Waals surface area contributed by atoms with Crippen LogP contribution in [0.15, 0.2) is 54.6 Å². The molecule has 3 rings (SSSR count). The highest BCUT2D eigenvalue weighted by Gasteiger charge is 2.41. The Bertz CT molecular complexity index is 698. The van der Waals surface area contributed by atoms with Gasteiger partial charge in [0.15, 0.2) is 0 Å². The number of hydrogen-bond acceptors (Lipinski definition) is 3. The summed E-state index contributed by atoms with van der Waals surface area (Å²) in [6.07, 6.45) is 0.614. The predicted molar refractivity (Wildman–Crippen MR) is 106 cm³/mol. The molecule has 0 aliphatic carbocycles. The van der Waals surface area contributed by atoms with E-state index in [4.69, 9.17) is 4.74 Å². The number of rotatable bonds is 7. The summed E-state index contributed by atoms with van der Waals surface area (Å²) >= 11 is 0. The highest BCUT2D eigenvalue weighted by molar-refractivity contribution is 5.32. The number of ether oxygens (including phenoxy) is 1. The Morgan fingerprint density at radius 3 is 2.26 bits per heavy atom. The fourth-order valence-electron chi connectivity index (χ4n) is 4.08. The molecule has 0 aromatic heterocycles.